The molecule has 1 rings (SSSR count). The molecule has 0 aliphatic rings. The molecule has 0 bridgehead atoms. The van der Waals surface area contributed by atoms with Crippen LogP contribution < -0.4 is 5.32 Å². The van der Waals surface area contributed by atoms with Crippen LogP contribution in [0.4, 0.5) is 0 Å². The Bertz CT molecular complexity index is 236. The summed E-state index contributed by atoms with van der Waals surface area (Å²) in [5.41, 5.74) is 1.13. The molecule has 0 saturated heterocycles. The minimum Gasteiger partial charge on any atom is -0.396 e. The van der Waals surface area contributed by atoms with Crippen LogP contribution in [0, 0.1) is 0 Å². The number of nitrogens with one attached hydrogen (secondary N) is 2. The highest BCUT2D eigenvalue weighted by atomic mass is 16.2. The molecule has 0 spiro atoms. The second kappa shape index (κ2) is 7.43. The van der Waals surface area contributed by atoms with E-state index >= 15 is 0 Å². The summed E-state index contributed by atoms with van der Waals surface area (Å²) < 4.78 is 0. The zero-order valence-corrected chi connectivity index (χ0v) is 9.37. The number of aliphatic hydroxyl groups excluding tert-OH is 1. The molecule has 0 aliphatic carbocycles. The number of nitrogens with zero attached hydrogens (tertiary/aromatic N) is 1. The molecule has 1 aromatic heterocycles. The topological polar surface area (TPSA) is 60.9 Å². The van der Waals surface area contributed by atoms with Gasteiger partial charge in [0, 0.05) is 18.8 Å². The Morgan fingerprint density at radius 3 is 2.87 bits per heavy atom. The summed E-state index contributed by atoms with van der Waals surface area (Å²) in [5.74, 6) is 0. The van der Waals surface area contributed by atoms with Crippen LogP contribution in [0.1, 0.15) is 44.3 Å². The van der Waals surface area contributed by atoms with Gasteiger partial charge in [-0.15, -0.1) is 0 Å². The van der Waals surface area contributed by atoms with Crippen molar-refractivity contribution in [3.05, 3.63) is 18.0 Å². The number of H-pyrrole nitrogens is 1. The Labute approximate surface area is 91.1 Å². The van der Waals surface area contributed by atoms with Crippen molar-refractivity contribution >= 4 is 0 Å². The molecule has 15 heavy (non-hydrogen) atoms. The second-order valence-electron chi connectivity index (χ2n) is 3.83. The van der Waals surface area contributed by atoms with Crippen molar-refractivity contribution in [1.82, 2.24) is 15.5 Å². The van der Waals surface area contributed by atoms with Crippen LogP contribution in [0.3, 0.4) is 0 Å². The fourth-order valence-corrected chi connectivity index (χ4v) is 1.53. The number of hydrogen-bond acceptors (Lipinski definition) is 3. The predicted molar refractivity (Wildman–Crippen MR) is 60.6 cm³/mol. The first-order chi connectivity index (χ1) is 7.34. The summed E-state index contributed by atoms with van der Waals surface area (Å²) in [6.45, 7) is 3.46. The third-order valence-corrected chi connectivity index (χ3v) is 2.52. The zero-order chi connectivity index (χ0) is 10.9. The first kappa shape index (κ1) is 12.2. The fourth-order valence-electron chi connectivity index (χ4n) is 1.53. The van der Waals surface area contributed by atoms with Gasteiger partial charge in [0.05, 0.1) is 5.69 Å². The van der Waals surface area contributed by atoms with E-state index in [9.17, 15) is 0 Å². The highest BCUT2D eigenvalue weighted by Crippen LogP contribution is 2.07. The Morgan fingerprint density at radius 2 is 2.20 bits per heavy atom. The molecule has 0 amide bonds. The smallest absolute Gasteiger partial charge is 0.0518 e. The normalized spacial score (nSPS) is 12.9. The Morgan fingerprint density at radius 1 is 1.40 bits per heavy atom. The maximum atomic E-state index is 8.61. The van der Waals surface area contributed by atoms with Crippen LogP contribution in [0.2, 0.25) is 0 Å². The molecule has 86 valence electrons. The Balaban J connectivity index is 2.00. The van der Waals surface area contributed by atoms with Crippen molar-refractivity contribution in [2.75, 3.05) is 13.2 Å². The fraction of sp³-hybridized carbons (Fsp3) is 0.727. The van der Waals surface area contributed by atoms with E-state index in [0.717, 1.165) is 25.1 Å². The van der Waals surface area contributed by atoms with Crippen molar-refractivity contribution in [3.8, 4) is 0 Å². The van der Waals surface area contributed by atoms with Gasteiger partial charge in [-0.2, -0.15) is 5.10 Å². The van der Waals surface area contributed by atoms with Crippen molar-refractivity contribution < 1.29 is 5.11 Å². The van der Waals surface area contributed by atoms with Gasteiger partial charge in [0.25, 0.3) is 0 Å². The van der Waals surface area contributed by atoms with Gasteiger partial charge in [-0.1, -0.05) is 12.8 Å². The van der Waals surface area contributed by atoms with E-state index in [4.69, 9.17) is 5.11 Å². The quantitative estimate of drug-likeness (QED) is 0.572. The Hall–Kier alpha value is -0.870. The van der Waals surface area contributed by atoms with Crippen molar-refractivity contribution in [1.29, 1.82) is 0 Å². The third kappa shape index (κ3) is 4.95. The van der Waals surface area contributed by atoms with Gasteiger partial charge in [0.1, 0.15) is 0 Å². The first-order valence-corrected chi connectivity index (χ1v) is 5.68. The highest BCUT2D eigenvalue weighted by molar-refractivity contribution is 5.02. The number of rotatable bonds is 8. The molecule has 4 nitrogen and oxygen atoms in total. The maximum Gasteiger partial charge on any atom is 0.0518 e. The molecule has 1 unspecified atom stereocenters. The van der Waals surface area contributed by atoms with Gasteiger partial charge >= 0.3 is 0 Å². The molecule has 1 heterocycles. The zero-order valence-electron chi connectivity index (χ0n) is 9.37. The molecular formula is C11H21N3O. The maximum absolute atomic E-state index is 8.61. The standard InChI is InChI=1S/C11H21N3O/c1-10(11-6-8-13-14-11)12-7-4-2-3-5-9-15/h6,8,10,12,15H,2-5,7,9H2,1H3,(H,13,14). The minimum atomic E-state index is 0.317. The molecule has 1 aromatic rings. The SMILES string of the molecule is CC(NCCCCCCO)c1ccn[nH]1. The molecular weight excluding hydrogens is 190 g/mol. The molecule has 3 N–H and O–H groups in total. The van der Waals surface area contributed by atoms with Crippen molar-refractivity contribution in [2.24, 2.45) is 0 Å². The van der Waals surface area contributed by atoms with Crippen LogP contribution in [-0.2, 0) is 0 Å². The van der Waals surface area contributed by atoms with Crippen LogP contribution >= 0.6 is 0 Å². The van der Waals surface area contributed by atoms with Crippen LogP contribution in [0.15, 0.2) is 12.3 Å². The average molecular weight is 211 g/mol. The van der Waals surface area contributed by atoms with Gasteiger partial charge in [-0.05, 0) is 32.4 Å². The van der Waals surface area contributed by atoms with Gasteiger partial charge in [-0.3, -0.25) is 5.10 Å². The summed E-state index contributed by atoms with van der Waals surface area (Å²) in [6, 6.07) is 2.33. The molecule has 4 heteroatoms. The molecule has 0 aromatic carbocycles. The third-order valence-electron chi connectivity index (χ3n) is 2.52. The first-order valence-electron chi connectivity index (χ1n) is 5.68. The predicted octanol–water partition coefficient (Wildman–Crippen LogP) is 1.61. The molecule has 0 radical (unpaired) electrons. The van der Waals surface area contributed by atoms with Crippen LogP contribution in [-0.4, -0.2) is 28.5 Å². The van der Waals surface area contributed by atoms with Crippen molar-refractivity contribution in [3.63, 3.8) is 0 Å². The van der Waals surface area contributed by atoms with Crippen molar-refractivity contribution in [2.45, 2.75) is 38.6 Å². The lowest BCUT2D eigenvalue weighted by atomic mass is 10.2. The van der Waals surface area contributed by atoms with Gasteiger partial charge in [0.2, 0.25) is 0 Å². The largest absolute Gasteiger partial charge is 0.396 e. The summed E-state index contributed by atoms with van der Waals surface area (Å²) in [6.07, 6.45) is 6.17. The Kier molecular flexibility index (Phi) is 6.04. The summed E-state index contributed by atoms with van der Waals surface area (Å²) in [5, 5.41) is 18.9. The number of aliphatic hydroxyl groups is 1. The monoisotopic (exact) mass is 211 g/mol. The minimum absolute atomic E-state index is 0.317. The lowest BCUT2D eigenvalue weighted by Crippen LogP contribution is -2.20. The van der Waals surface area contributed by atoms with Gasteiger partial charge < -0.3 is 10.4 Å². The van der Waals surface area contributed by atoms with E-state index in [1.54, 1.807) is 6.20 Å². The summed E-state index contributed by atoms with van der Waals surface area (Å²) in [4.78, 5) is 0. The molecule has 0 fully saturated rings. The van der Waals surface area contributed by atoms with E-state index in [0.29, 0.717) is 12.6 Å². The number of aromatic amines is 1. The summed E-state index contributed by atoms with van der Waals surface area (Å²) >= 11 is 0. The van der Waals surface area contributed by atoms with Gasteiger partial charge in [-0.25, -0.2) is 0 Å². The number of hydrogen-bond donors (Lipinski definition) is 3. The van der Waals surface area contributed by atoms with E-state index in [2.05, 4.69) is 22.4 Å². The van der Waals surface area contributed by atoms with Gasteiger partial charge in [0.15, 0.2) is 0 Å². The van der Waals surface area contributed by atoms with E-state index < -0.39 is 0 Å². The average Bonchev–Trinajstić information content (AvgIpc) is 2.76. The summed E-state index contributed by atoms with van der Waals surface area (Å²) in [7, 11) is 0. The number of unbranched alkanes of at least 4 members (excludes halogenated alkanes) is 3. The lowest BCUT2D eigenvalue weighted by molar-refractivity contribution is 0.282. The number of aromatic nitrogens is 2. The molecule has 0 saturated carbocycles. The molecule has 0 aliphatic heterocycles. The highest BCUT2D eigenvalue weighted by Gasteiger charge is 2.04. The van der Waals surface area contributed by atoms with E-state index in [1.807, 2.05) is 6.07 Å². The lowest BCUT2D eigenvalue weighted by Gasteiger charge is -2.11. The van der Waals surface area contributed by atoms with Crippen LogP contribution in [0.25, 0.3) is 0 Å². The van der Waals surface area contributed by atoms with E-state index in [1.165, 1.54) is 12.8 Å². The second-order valence-corrected chi connectivity index (χ2v) is 3.83. The van der Waals surface area contributed by atoms with Crippen LogP contribution in [0.5, 0.6) is 0 Å². The van der Waals surface area contributed by atoms with E-state index in [-0.39, 0.29) is 0 Å². The molecule has 1 atom stereocenters.